The van der Waals surface area contributed by atoms with Crippen molar-refractivity contribution in [2.24, 2.45) is 0 Å². The van der Waals surface area contributed by atoms with Gasteiger partial charge in [0.15, 0.2) is 0 Å². The molecular weight excluding hydrogens is 361 g/mol. The SMILES string of the molecule is CCCN(C/C=C/I)C1CCc2ccc(OC)cc2C1. The van der Waals surface area contributed by atoms with Crippen LogP contribution in [0.5, 0.6) is 5.75 Å². The van der Waals surface area contributed by atoms with E-state index in [1.807, 2.05) is 0 Å². The maximum absolute atomic E-state index is 5.36. The number of hydrogen-bond donors (Lipinski definition) is 0. The molecule has 0 aliphatic heterocycles. The molecule has 0 amide bonds. The molecule has 1 aromatic carbocycles. The van der Waals surface area contributed by atoms with Crippen LogP contribution in [0.1, 0.15) is 30.9 Å². The predicted octanol–water partition coefficient (Wildman–Crippen LogP) is 4.21. The van der Waals surface area contributed by atoms with E-state index in [2.05, 4.69) is 62.8 Å². The molecule has 1 aliphatic carbocycles. The molecule has 0 bridgehead atoms. The Morgan fingerprint density at radius 3 is 2.95 bits per heavy atom. The van der Waals surface area contributed by atoms with Crippen LogP contribution in [0.3, 0.4) is 0 Å². The minimum atomic E-state index is 0.669. The van der Waals surface area contributed by atoms with Gasteiger partial charge in [-0.2, -0.15) is 0 Å². The number of hydrogen-bond acceptors (Lipinski definition) is 2. The maximum atomic E-state index is 5.36. The molecule has 0 heterocycles. The third-order valence-corrected chi connectivity index (χ3v) is 4.58. The fourth-order valence-electron chi connectivity index (χ4n) is 3.04. The molecule has 20 heavy (non-hydrogen) atoms. The molecule has 0 radical (unpaired) electrons. The fraction of sp³-hybridized carbons (Fsp3) is 0.529. The van der Waals surface area contributed by atoms with Gasteiger partial charge < -0.3 is 4.74 Å². The quantitative estimate of drug-likeness (QED) is 0.681. The van der Waals surface area contributed by atoms with E-state index in [-0.39, 0.29) is 0 Å². The molecule has 0 fully saturated rings. The van der Waals surface area contributed by atoms with Gasteiger partial charge >= 0.3 is 0 Å². The third kappa shape index (κ3) is 3.98. The third-order valence-electron chi connectivity index (χ3n) is 4.07. The fourth-order valence-corrected chi connectivity index (χ4v) is 3.27. The average Bonchev–Trinajstić information content (AvgIpc) is 2.50. The van der Waals surface area contributed by atoms with Crippen LogP contribution in [0.15, 0.2) is 28.4 Å². The second-order valence-corrected chi connectivity index (χ2v) is 6.11. The smallest absolute Gasteiger partial charge is 0.119 e. The van der Waals surface area contributed by atoms with Gasteiger partial charge in [-0.25, -0.2) is 0 Å². The number of benzene rings is 1. The van der Waals surface area contributed by atoms with Gasteiger partial charge in [0.05, 0.1) is 7.11 Å². The lowest BCUT2D eigenvalue weighted by Gasteiger charge is -2.34. The highest BCUT2D eigenvalue weighted by Gasteiger charge is 2.23. The number of halogens is 1. The van der Waals surface area contributed by atoms with Crippen LogP contribution in [-0.2, 0) is 12.8 Å². The zero-order valence-electron chi connectivity index (χ0n) is 12.4. The Morgan fingerprint density at radius 1 is 1.40 bits per heavy atom. The molecule has 0 saturated heterocycles. The summed E-state index contributed by atoms with van der Waals surface area (Å²) in [6, 6.07) is 7.21. The van der Waals surface area contributed by atoms with Crippen molar-refractivity contribution < 1.29 is 4.74 Å². The molecule has 1 atom stereocenters. The Balaban J connectivity index is 2.10. The van der Waals surface area contributed by atoms with Gasteiger partial charge in [0.2, 0.25) is 0 Å². The van der Waals surface area contributed by atoms with Crippen molar-refractivity contribution in [1.29, 1.82) is 0 Å². The van der Waals surface area contributed by atoms with Gasteiger partial charge in [0.1, 0.15) is 5.75 Å². The van der Waals surface area contributed by atoms with Gasteiger partial charge in [0, 0.05) is 12.6 Å². The summed E-state index contributed by atoms with van der Waals surface area (Å²) in [7, 11) is 1.75. The first-order valence-corrected chi connectivity index (χ1v) is 8.68. The normalized spacial score (nSPS) is 18.5. The summed E-state index contributed by atoms with van der Waals surface area (Å²) >= 11 is 2.31. The van der Waals surface area contributed by atoms with E-state index in [0.29, 0.717) is 6.04 Å². The summed E-state index contributed by atoms with van der Waals surface area (Å²) in [5.74, 6) is 0.985. The highest BCUT2D eigenvalue weighted by molar-refractivity contribution is 14.1. The summed E-state index contributed by atoms with van der Waals surface area (Å²) < 4.78 is 7.49. The standard InChI is InChI=1S/C17H24INO/c1-3-10-19(11-4-9-18)16-7-5-14-6-8-17(20-2)13-15(14)12-16/h4,6,8-9,13,16H,3,5,7,10-12H2,1-2H3/b9-4+. The van der Waals surface area contributed by atoms with Gasteiger partial charge in [0.25, 0.3) is 0 Å². The van der Waals surface area contributed by atoms with E-state index in [4.69, 9.17) is 4.74 Å². The van der Waals surface area contributed by atoms with Crippen LogP contribution >= 0.6 is 22.6 Å². The molecular formula is C17H24INO. The first-order chi connectivity index (χ1) is 9.78. The highest BCUT2D eigenvalue weighted by Crippen LogP contribution is 2.28. The molecule has 0 aromatic heterocycles. The van der Waals surface area contributed by atoms with Crippen LogP contribution in [-0.4, -0.2) is 31.1 Å². The van der Waals surface area contributed by atoms with Crippen molar-refractivity contribution in [3.8, 4) is 5.75 Å². The molecule has 1 aliphatic rings. The molecule has 110 valence electrons. The molecule has 3 heteroatoms. The molecule has 0 N–H and O–H groups in total. The second kappa shape index (κ2) is 8.03. The predicted molar refractivity (Wildman–Crippen MR) is 93.8 cm³/mol. The lowest BCUT2D eigenvalue weighted by Crippen LogP contribution is -2.40. The molecule has 0 saturated carbocycles. The minimum Gasteiger partial charge on any atom is -0.497 e. The first-order valence-electron chi connectivity index (χ1n) is 7.43. The second-order valence-electron chi connectivity index (χ2n) is 5.39. The maximum Gasteiger partial charge on any atom is 0.119 e. The highest BCUT2D eigenvalue weighted by atomic mass is 127. The van der Waals surface area contributed by atoms with E-state index >= 15 is 0 Å². The number of aryl methyl sites for hydroxylation is 1. The average molecular weight is 385 g/mol. The van der Waals surface area contributed by atoms with Crippen molar-refractivity contribution in [3.63, 3.8) is 0 Å². The zero-order valence-corrected chi connectivity index (χ0v) is 14.6. The van der Waals surface area contributed by atoms with E-state index < -0.39 is 0 Å². The van der Waals surface area contributed by atoms with Crippen LogP contribution in [0, 0.1) is 0 Å². The van der Waals surface area contributed by atoms with Crippen LogP contribution < -0.4 is 4.74 Å². The van der Waals surface area contributed by atoms with Gasteiger partial charge in [-0.1, -0.05) is 41.7 Å². The van der Waals surface area contributed by atoms with Crippen molar-refractivity contribution >= 4 is 22.6 Å². The Labute approximate surface area is 136 Å². The van der Waals surface area contributed by atoms with Crippen molar-refractivity contribution in [2.75, 3.05) is 20.2 Å². The lowest BCUT2D eigenvalue weighted by molar-refractivity contribution is 0.199. The van der Waals surface area contributed by atoms with Gasteiger partial charge in [-0.05, 0) is 59.6 Å². The van der Waals surface area contributed by atoms with Crippen molar-refractivity contribution in [3.05, 3.63) is 39.5 Å². The first kappa shape index (κ1) is 15.8. The minimum absolute atomic E-state index is 0.669. The van der Waals surface area contributed by atoms with Crippen molar-refractivity contribution in [1.82, 2.24) is 4.90 Å². The molecule has 2 nitrogen and oxygen atoms in total. The van der Waals surface area contributed by atoms with E-state index in [1.165, 1.54) is 36.9 Å². The van der Waals surface area contributed by atoms with Gasteiger partial charge in [-0.15, -0.1) is 0 Å². The topological polar surface area (TPSA) is 12.5 Å². The molecule has 0 spiro atoms. The van der Waals surface area contributed by atoms with E-state index in [9.17, 15) is 0 Å². The van der Waals surface area contributed by atoms with Crippen LogP contribution in [0.25, 0.3) is 0 Å². The Morgan fingerprint density at radius 2 is 2.25 bits per heavy atom. The number of nitrogens with zero attached hydrogens (tertiary/aromatic N) is 1. The summed E-state index contributed by atoms with van der Waals surface area (Å²) in [5.41, 5.74) is 2.98. The number of ether oxygens (including phenoxy) is 1. The van der Waals surface area contributed by atoms with Crippen molar-refractivity contribution in [2.45, 2.75) is 38.6 Å². The number of methoxy groups -OCH3 is 1. The molecule has 1 unspecified atom stereocenters. The van der Waals surface area contributed by atoms with E-state index in [0.717, 1.165) is 18.7 Å². The number of fused-ring (bicyclic) bond motifs is 1. The number of rotatable bonds is 6. The Kier molecular flexibility index (Phi) is 6.36. The molecule has 2 rings (SSSR count). The summed E-state index contributed by atoms with van der Waals surface area (Å²) in [5, 5.41) is 0. The summed E-state index contributed by atoms with van der Waals surface area (Å²) in [4.78, 5) is 2.62. The zero-order chi connectivity index (χ0) is 14.4. The lowest BCUT2D eigenvalue weighted by atomic mass is 9.87. The Hall–Kier alpha value is -0.550. The van der Waals surface area contributed by atoms with E-state index in [1.54, 1.807) is 7.11 Å². The Bertz CT molecular complexity index is 458. The molecule has 1 aromatic rings. The largest absolute Gasteiger partial charge is 0.497 e. The summed E-state index contributed by atoms with van der Waals surface area (Å²) in [6.45, 7) is 4.52. The van der Waals surface area contributed by atoms with Gasteiger partial charge in [-0.3, -0.25) is 4.90 Å². The summed E-state index contributed by atoms with van der Waals surface area (Å²) in [6.07, 6.45) is 7.10. The van der Waals surface area contributed by atoms with Crippen LogP contribution in [0.4, 0.5) is 0 Å². The van der Waals surface area contributed by atoms with Crippen LogP contribution in [0.2, 0.25) is 0 Å². The monoisotopic (exact) mass is 385 g/mol.